The molecule has 0 amide bonds. The van der Waals surface area contributed by atoms with Gasteiger partial charge in [0.2, 0.25) is 0 Å². The molecule has 0 radical (unpaired) electrons. The molecule has 6 nitrogen and oxygen atoms in total. The van der Waals surface area contributed by atoms with E-state index in [-0.39, 0.29) is 5.56 Å². The number of rotatable bonds is 6. The fourth-order valence-electron chi connectivity index (χ4n) is 3.51. The van der Waals surface area contributed by atoms with Crippen LogP contribution in [-0.4, -0.2) is 29.7 Å². The quantitative estimate of drug-likeness (QED) is 0.388. The maximum atomic E-state index is 13.5. The number of ether oxygens (including phenoxy) is 2. The summed E-state index contributed by atoms with van der Waals surface area (Å²) >= 11 is 6.22. The maximum Gasteiger partial charge on any atom is 0.280 e. The van der Waals surface area contributed by atoms with Gasteiger partial charge in [0.25, 0.3) is 5.56 Å². The molecule has 162 valence electrons. The monoisotopic (exact) mass is 447 g/mol. The Labute approximate surface area is 190 Å². The minimum Gasteiger partial charge on any atom is -0.495 e. The largest absolute Gasteiger partial charge is 0.495 e. The van der Waals surface area contributed by atoms with Gasteiger partial charge in [-0.05, 0) is 19.1 Å². The minimum atomic E-state index is -0.198. The second kappa shape index (κ2) is 9.16. The number of halogens is 1. The number of benzene rings is 3. The van der Waals surface area contributed by atoms with Gasteiger partial charge in [-0.1, -0.05) is 60.1 Å². The summed E-state index contributed by atoms with van der Waals surface area (Å²) in [7, 11) is 3.08. The first-order valence-corrected chi connectivity index (χ1v) is 10.3. The van der Waals surface area contributed by atoms with E-state index in [4.69, 9.17) is 26.1 Å². The molecule has 0 fully saturated rings. The number of nitrogens with zero attached hydrogens (tertiary/aromatic N) is 2. The van der Waals surface area contributed by atoms with Gasteiger partial charge in [-0.15, -0.1) is 0 Å². The van der Waals surface area contributed by atoms with Gasteiger partial charge in [0, 0.05) is 17.7 Å². The predicted molar refractivity (Wildman–Crippen MR) is 128 cm³/mol. The highest BCUT2D eigenvalue weighted by atomic mass is 35.5. The molecular formula is C25H22ClN3O3. The van der Waals surface area contributed by atoms with Crippen LogP contribution >= 0.6 is 11.6 Å². The molecular weight excluding hydrogens is 426 g/mol. The number of aromatic nitrogens is 2. The lowest BCUT2D eigenvalue weighted by atomic mass is 10.1. The molecule has 1 heterocycles. The van der Waals surface area contributed by atoms with Gasteiger partial charge in [-0.25, -0.2) is 9.67 Å². The fourth-order valence-corrected chi connectivity index (χ4v) is 3.74. The van der Waals surface area contributed by atoms with Crippen LogP contribution in [-0.2, 0) is 0 Å². The summed E-state index contributed by atoms with van der Waals surface area (Å²) in [5.41, 5.74) is 3.61. The first-order chi connectivity index (χ1) is 15.5. The van der Waals surface area contributed by atoms with Crippen molar-refractivity contribution in [2.75, 3.05) is 14.2 Å². The minimum absolute atomic E-state index is 0.198. The average Bonchev–Trinajstić information content (AvgIpc) is 3.18. The van der Waals surface area contributed by atoms with E-state index < -0.39 is 0 Å². The van der Waals surface area contributed by atoms with Gasteiger partial charge in [0.05, 0.1) is 41.9 Å². The Hall–Kier alpha value is -3.77. The molecule has 0 aliphatic heterocycles. The fraction of sp³-hybridized carbons (Fsp3) is 0.120. The summed E-state index contributed by atoms with van der Waals surface area (Å²) in [5, 5.41) is 3.67. The zero-order valence-corrected chi connectivity index (χ0v) is 18.7. The highest BCUT2D eigenvalue weighted by molar-refractivity contribution is 6.32. The summed E-state index contributed by atoms with van der Waals surface area (Å²) in [6.45, 7) is 1.80. The van der Waals surface area contributed by atoms with Crippen LogP contribution in [0.15, 0.2) is 82.6 Å². The van der Waals surface area contributed by atoms with Crippen molar-refractivity contribution >= 4 is 23.0 Å². The number of nitrogens with one attached hydrogen (secondary N) is 1. The van der Waals surface area contributed by atoms with Crippen LogP contribution in [0.2, 0.25) is 5.02 Å². The molecule has 0 spiro atoms. The Balaban J connectivity index is 1.93. The molecule has 1 aromatic heterocycles. The third-order valence-electron chi connectivity index (χ3n) is 5.07. The van der Waals surface area contributed by atoms with Gasteiger partial charge < -0.3 is 9.47 Å². The van der Waals surface area contributed by atoms with Gasteiger partial charge in [-0.2, -0.15) is 0 Å². The van der Waals surface area contributed by atoms with Crippen LogP contribution < -0.4 is 15.0 Å². The number of hydrogen-bond acceptors (Lipinski definition) is 4. The van der Waals surface area contributed by atoms with Crippen molar-refractivity contribution in [3.05, 3.63) is 93.7 Å². The Bertz CT molecular complexity index is 1330. The average molecular weight is 448 g/mol. The summed E-state index contributed by atoms with van der Waals surface area (Å²) < 4.78 is 12.3. The summed E-state index contributed by atoms with van der Waals surface area (Å²) in [6.07, 6.45) is 0. The van der Waals surface area contributed by atoms with Gasteiger partial charge in [0.1, 0.15) is 17.2 Å². The molecule has 4 aromatic rings. The van der Waals surface area contributed by atoms with E-state index in [0.717, 1.165) is 11.3 Å². The lowest BCUT2D eigenvalue weighted by Crippen LogP contribution is -2.19. The van der Waals surface area contributed by atoms with E-state index in [1.165, 1.54) is 11.8 Å². The number of aromatic amines is 1. The number of methoxy groups -OCH3 is 2. The molecule has 1 N–H and O–H groups in total. The van der Waals surface area contributed by atoms with Crippen molar-refractivity contribution in [2.45, 2.75) is 6.92 Å². The Morgan fingerprint density at radius 1 is 0.938 bits per heavy atom. The first kappa shape index (κ1) is 21.5. The van der Waals surface area contributed by atoms with E-state index in [2.05, 4.69) is 5.10 Å². The predicted octanol–water partition coefficient (Wildman–Crippen LogP) is 5.64. The number of hydrogen-bond donors (Lipinski definition) is 1. The van der Waals surface area contributed by atoms with Gasteiger partial charge in [0.15, 0.2) is 0 Å². The molecule has 32 heavy (non-hydrogen) atoms. The number of aliphatic imine (C=N–C) groups is 1. The van der Waals surface area contributed by atoms with Crippen LogP contribution in [0.3, 0.4) is 0 Å². The van der Waals surface area contributed by atoms with Gasteiger partial charge >= 0.3 is 0 Å². The van der Waals surface area contributed by atoms with Crippen LogP contribution in [0.5, 0.6) is 11.5 Å². The summed E-state index contributed by atoms with van der Waals surface area (Å²) in [4.78, 5) is 18.2. The number of para-hydroxylation sites is 1. The molecule has 0 atom stereocenters. The molecule has 0 aliphatic carbocycles. The second-order valence-electron chi connectivity index (χ2n) is 7.06. The first-order valence-electron chi connectivity index (χ1n) is 9.96. The molecule has 0 unspecified atom stereocenters. The SMILES string of the molecule is COc1cc(N=C(C)c2c(-c3ccccc3)[nH]n(-c3ccccc3)c2=O)c(OC)cc1Cl. The van der Waals surface area contributed by atoms with E-state index in [1.54, 1.807) is 26.2 Å². The molecule has 0 saturated heterocycles. The Morgan fingerprint density at radius 3 is 2.19 bits per heavy atom. The highest BCUT2D eigenvalue weighted by Gasteiger charge is 2.20. The van der Waals surface area contributed by atoms with E-state index in [1.807, 2.05) is 60.7 Å². The van der Waals surface area contributed by atoms with Crippen molar-refractivity contribution in [1.29, 1.82) is 0 Å². The molecule has 7 heteroatoms. The third-order valence-corrected chi connectivity index (χ3v) is 5.37. The van der Waals surface area contributed by atoms with Crippen LogP contribution in [0, 0.1) is 0 Å². The molecule has 0 saturated carbocycles. The van der Waals surface area contributed by atoms with Crippen molar-refractivity contribution in [1.82, 2.24) is 9.78 Å². The lowest BCUT2D eigenvalue weighted by Gasteiger charge is -2.10. The summed E-state index contributed by atoms with van der Waals surface area (Å²) in [5.74, 6) is 0.952. The van der Waals surface area contributed by atoms with E-state index in [9.17, 15) is 4.79 Å². The lowest BCUT2D eigenvalue weighted by molar-refractivity contribution is 0.404. The molecule has 3 aromatic carbocycles. The topological polar surface area (TPSA) is 68.6 Å². The maximum absolute atomic E-state index is 13.5. The summed E-state index contributed by atoms with van der Waals surface area (Å²) in [6, 6.07) is 22.4. The Morgan fingerprint density at radius 2 is 1.56 bits per heavy atom. The normalized spacial score (nSPS) is 11.4. The zero-order chi connectivity index (χ0) is 22.7. The molecule has 0 bridgehead atoms. The van der Waals surface area contributed by atoms with Crippen LogP contribution in [0.25, 0.3) is 16.9 Å². The van der Waals surface area contributed by atoms with Crippen molar-refractivity contribution in [3.63, 3.8) is 0 Å². The zero-order valence-electron chi connectivity index (χ0n) is 17.9. The number of H-pyrrole nitrogens is 1. The smallest absolute Gasteiger partial charge is 0.280 e. The van der Waals surface area contributed by atoms with Crippen molar-refractivity contribution in [2.24, 2.45) is 4.99 Å². The van der Waals surface area contributed by atoms with E-state index >= 15 is 0 Å². The molecule has 0 aliphatic rings. The van der Waals surface area contributed by atoms with Crippen LogP contribution in [0.1, 0.15) is 12.5 Å². The van der Waals surface area contributed by atoms with Crippen LogP contribution in [0.4, 0.5) is 5.69 Å². The molecule has 4 rings (SSSR count). The Kier molecular flexibility index (Phi) is 6.14. The highest BCUT2D eigenvalue weighted by Crippen LogP contribution is 2.38. The second-order valence-corrected chi connectivity index (χ2v) is 7.47. The third kappa shape index (κ3) is 4.05. The van der Waals surface area contributed by atoms with Crippen molar-refractivity contribution < 1.29 is 9.47 Å². The van der Waals surface area contributed by atoms with E-state index in [0.29, 0.717) is 39.2 Å². The van der Waals surface area contributed by atoms with Crippen molar-refractivity contribution in [3.8, 4) is 28.4 Å². The van der Waals surface area contributed by atoms with Gasteiger partial charge in [-0.3, -0.25) is 9.89 Å². The standard InChI is InChI=1S/C25H22ClN3O3/c1-16(27-20-15-21(31-2)19(26)14-22(20)32-3)23-24(17-10-6-4-7-11-17)28-29(25(23)30)18-12-8-5-9-13-18/h4-15,28H,1-3H3.